The number of ketones is 1. The van der Waals surface area contributed by atoms with Crippen LogP contribution in [0.5, 0.6) is 5.75 Å². The fourth-order valence-corrected chi connectivity index (χ4v) is 4.17. The summed E-state index contributed by atoms with van der Waals surface area (Å²) in [5.41, 5.74) is 2.59. The van der Waals surface area contributed by atoms with E-state index in [2.05, 4.69) is 15.9 Å². The molecule has 0 radical (unpaired) electrons. The SMILES string of the molecule is Cl.Cl.O=C(c1ccc(F)cc1)C1CCN(c2cc(N3CCCC3)ccc2O)CC1. The molecule has 0 unspecified atom stereocenters. The molecule has 0 aliphatic carbocycles. The minimum atomic E-state index is -0.324. The van der Waals surface area contributed by atoms with Crippen molar-refractivity contribution in [2.24, 2.45) is 5.92 Å². The van der Waals surface area contributed by atoms with Crippen LogP contribution in [-0.2, 0) is 0 Å². The van der Waals surface area contributed by atoms with Crippen LogP contribution in [0.25, 0.3) is 0 Å². The van der Waals surface area contributed by atoms with Gasteiger partial charge >= 0.3 is 0 Å². The van der Waals surface area contributed by atoms with Crippen LogP contribution in [0.2, 0.25) is 0 Å². The summed E-state index contributed by atoms with van der Waals surface area (Å²) in [5.74, 6) is 0.0105. The van der Waals surface area contributed by atoms with Crippen LogP contribution >= 0.6 is 24.8 Å². The summed E-state index contributed by atoms with van der Waals surface area (Å²) in [6.45, 7) is 3.60. The van der Waals surface area contributed by atoms with E-state index >= 15 is 0 Å². The summed E-state index contributed by atoms with van der Waals surface area (Å²) in [6, 6.07) is 11.6. The van der Waals surface area contributed by atoms with Crippen molar-refractivity contribution in [3.05, 3.63) is 53.8 Å². The van der Waals surface area contributed by atoms with Gasteiger partial charge in [0, 0.05) is 43.3 Å². The zero-order valence-corrected chi connectivity index (χ0v) is 17.9. The van der Waals surface area contributed by atoms with Crippen LogP contribution in [0.1, 0.15) is 36.0 Å². The summed E-state index contributed by atoms with van der Waals surface area (Å²) < 4.78 is 13.1. The highest BCUT2D eigenvalue weighted by atomic mass is 35.5. The predicted molar refractivity (Wildman–Crippen MR) is 120 cm³/mol. The van der Waals surface area contributed by atoms with Gasteiger partial charge in [-0.3, -0.25) is 4.79 Å². The van der Waals surface area contributed by atoms with Gasteiger partial charge in [-0.25, -0.2) is 4.39 Å². The lowest BCUT2D eigenvalue weighted by atomic mass is 9.88. The van der Waals surface area contributed by atoms with E-state index < -0.39 is 0 Å². The molecular formula is C22H27Cl2FN2O2. The summed E-state index contributed by atoms with van der Waals surface area (Å²) in [7, 11) is 0. The van der Waals surface area contributed by atoms with Crippen LogP contribution < -0.4 is 9.80 Å². The number of halogens is 3. The van der Waals surface area contributed by atoms with Gasteiger partial charge in [0.1, 0.15) is 11.6 Å². The minimum absolute atomic E-state index is 0. The number of nitrogens with zero attached hydrogens (tertiary/aromatic N) is 2. The number of rotatable bonds is 4. The van der Waals surface area contributed by atoms with Gasteiger partial charge in [-0.05, 0) is 68.1 Å². The second kappa shape index (κ2) is 10.2. The quantitative estimate of drug-likeness (QED) is 0.673. The van der Waals surface area contributed by atoms with Gasteiger partial charge in [0.15, 0.2) is 5.78 Å². The van der Waals surface area contributed by atoms with E-state index in [-0.39, 0.29) is 42.3 Å². The lowest BCUT2D eigenvalue weighted by Gasteiger charge is -2.34. The molecule has 4 rings (SSSR count). The third-order valence-corrected chi connectivity index (χ3v) is 5.77. The molecule has 2 aliphatic heterocycles. The zero-order chi connectivity index (χ0) is 18.8. The summed E-state index contributed by atoms with van der Waals surface area (Å²) in [6.07, 6.45) is 3.91. The first-order valence-electron chi connectivity index (χ1n) is 9.74. The van der Waals surface area contributed by atoms with Crippen molar-refractivity contribution >= 4 is 42.0 Å². The van der Waals surface area contributed by atoms with Crippen molar-refractivity contribution in [3.8, 4) is 5.75 Å². The number of aromatic hydroxyl groups is 1. The van der Waals surface area contributed by atoms with Crippen molar-refractivity contribution in [2.75, 3.05) is 36.0 Å². The monoisotopic (exact) mass is 440 g/mol. The van der Waals surface area contributed by atoms with Gasteiger partial charge in [0.25, 0.3) is 0 Å². The number of anilines is 2. The number of hydrogen-bond acceptors (Lipinski definition) is 4. The zero-order valence-electron chi connectivity index (χ0n) is 16.2. The number of benzene rings is 2. The maximum absolute atomic E-state index is 13.1. The lowest BCUT2D eigenvalue weighted by molar-refractivity contribution is 0.0900. The Labute approximate surface area is 183 Å². The summed E-state index contributed by atoms with van der Waals surface area (Å²) in [4.78, 5) is 17.2. The number of piperidine rings is 1. The smallest absolute Gasteiger partial charge is 0.166 e. The van der Waals surface area contributed by atoms with E-state index in [1.807, 2.05) is 6.07 Å². The van der Waals surface area contributed by atoms with Gasteiger partial charge in [-0.1, -0.05) is 0 Å². The molecule has 7 heteroatoms. The first kappa shape index (κ1) is 23.3. The first-order chi connectivity index (χ1) is 13.1. The van der Waals surface area contributed by atoms with E-state index in [1.54, 1.807) is 18.2 Å². The molecule has 2 aromatic rings. The molecule has 2 aliphatic rings. The highest BCUT2D eigenvalue weighted by Crippen LogP contribution is 2.35. The fourth-order valence-electron chi connectivity index (χ4n) is 4.17. The van der Waals surface area contributed by atoms with Crippen LogP contribution in [0.3, 0.4) is 0 Å². The molecule has 0 atom stereocenters. The Morgan fingerprint density at radius 3 is 2.14 bits per heavy atom. The van der Waals surface area contributed by atoms with E-state index in [9.17, 15) is 14.3 Å². The molecule has 158 valence electrons. The topological polar surface area (TPSA) is 43.8 Å². The Balaban J connectivity index is 0.00000150. The predicted octanol–water partition coefficient (Wildman–Crippen LogP) is 5.07. The molecule has 0 saturated carbocycles. The molecule has 0 spiro atoms. The molecule has 2 heterocycles. The number of carbonyl (C=O) groups excluding carboxylic acids is 1. The fraction of sp³-hybridized carbons (Fsp3) is 0.409. The van der Waals surface area contributed by atoms with E-state index in [0.29, 0.717) is 11.3 Å². The highest BCUT2D eigenvalue weighted by molar-refractivity contribution is 5.98. The standard InChI is InChI=1S/C22H25FN2O2.2ClH/c23-18-5-3-16(4-6-18)22(27)17-9-13-25(14-10-17)20-15-19(7-8-21(20)26)24-11-1-2-12-24;;/h3-8,15,17,26H,1-2,9-14H2;2*1H. The first-order valence-corrected chi connectivity index (χ1v) is 9.74. The Kier molecular flexibility index (Phi) is 8.17. The average molecular weight is 441 g/mol. The van der Waals surface area contributed by atoms with Crippen molar-refractivity contribution in [2.45, 2.75) is 25.7 Å². The lowest BCUT2D eigenvalue weighted by Crippen LogP contribution is -2.36. The molecule has 0 amide bonds. The number of Topliss-reactive ketones (excluding diaryl/α,β-unsaturated/α-hetero) is 1. The molecule has 0 bridgehead atoms. The van der Waals surface area contributed by atoms with Crippen LogP contribution in [-0.4, -0.2) is 37.1 Å². The molecule has 2 saturated heterocycles. The number of hydrogen-bond donors (Lipinski definition) is 1. The Bertz CT molecular complexity index is 818. The second-order valence-corrected chi connectivity index (χ2v) is 7.50. The molecule has 2 fully saturated rings. The Morgan fingerprint density at radius 2 is 1.52 bits per heavy atom. The van der Waals surface area contributed by atoms with Gasteiger partial charge < -0.3 is 14.9 Å². The number of phenolic OH excluding ortho intramolecular Hbond substituents is 1. The highest BCUT2D eigenvalue weighted by Gasteiger charge is 2.27. The molecule has 0 aromatic heterocycles. The maximum atomic E-state index is 13.1. The Morgan fingerprint density at radius 1 is 0.897 bits per heavy atom. The van der Waals surface area contributed by atoms with Crippen molar-refractivity contribution in [3.63, 3.8) is 0 Å². The number of carbonyl (C=O) groups is 1. The van der Waals surface area contributed by atoms with Crippen LogP contribution in [0.15, 0.2) is 42.5 Å². The third-order valence-electron chi connectivity index (χ3n) is 5.77. The molecule has 29 heavy (non-hydrogen) atoms. The minimum Gasteiger partial charge on any atom is -0.506 e. The van der Waals surface area contributed by atoms with Gasteiger partial charge in [0.2, 0.25) is 0 Å². The second-order valence-electron chi connectivity index (χ2n) is 7.50. The van der Waals surface area contributed by atoms with Crippen LogP contribution in [0, 0.1) is 11.7 Å². The normalized spacial score (nSPS) is 16.9. The molecule has 4 nitrogen and oxygen atoms in total. The Hall–Kier alpha value is -1.98. The molecular weight excluding hydrogens is 414 g/mol. The van der Waals surface area contributed by atoms with Gasteiger partial charge in [-0.15, -0.1) is 24.8 Å². The van der Waals surface area contributed by atoms with Gasteiger partial charge in [0.05, 0.1) is 5.69 Å². The molecule has 2 aromatic carbocycles. The summed E-state index contributed by atoms with van der Waals surface area (Å²) >= 11 is 0. The van der Waals surface area contributed by atoms with Gasteiger partial charge in [-0.2, -0.15) is 0 Å². The number of phenols is 1. The molecule has 1 N–H and O–H groups in total. The van der Waals surface area contributed by atoms with Crippen molar-refractivity contribution in [1.29, 1.82) is 0 Å². The van der Waals surface area contributed by atoms with E-state index in [1.165, 1.54) is 25.0 Å². The summed E-state index contributed by atoms with van der Waals surface area (Å²) in [5, 5.41) is 10.3. The maximum Gasteiger partial charge on any atom is 0.166 e. The van der Waals surface area contributed by atoms with Crippen molar-refractivity contribution < 1.29 is 14.3 Å². The average Bonchev–Trinajstić information content (AvgIpc) is 3.23. The third kappa shape index (κ3) is 5.14. The van der Waals surface area contributed by atoms with E-state index in [4.69, 9.17) is 0 Å². The van der Waals surface area contributed by atoms with Crippen LogP contribution in [0.4, 0.5) is 15.8 Å². The largest absolute Gasteiger partial charge is 0.506 e. The van der Waals surface area contributed by atoms with E-state index in [0.717, 1.165) is 50.4 Å². The van der Waals surface area contributed by atoms with Crippen molar-refractivity contribution in [1.82, 2.24) is 0 Å².